The Morgan fingerprint density at radius 3 is 2.14 bits per heavy atom. The predicted molar refractivity (Wildman–Crippen MR) is 121 cm³/mol. The monoisotopic (exact) mass is 415 g/mol. The van der Waals surface area contributed by atoms with Gasteiger partial charge >= 0.3 is 11.8 Å². The molecule has 2 rings (SSSR count). The maximum atomic E-state index is 12.0. The summed E-state index contributed by atoms with van der Waals surface area (Å²) in [4.78, 5) is 28.3. The maximum absolute atomic E-state index is 12.0. The van der Waals surface area contributed by atoms with Gasteiger partial charge in [0.2, 0.25) is 0 Å². The van der Waals surface area contributed by atoms with Crippen LogP contribution in [0.2, 0.25) is 0 Å². The summed E-state index contributed by atoms with van der Waals surface area (Å²) in [6, 6.07) is 9.74. The highest BCUT2D eigenvalue weighted by Crippen LogP contribution is 2.24. The third-order valence-electron chi connectivity index (χ3n) is 4.82. The van der Waals surface area contributed by atoms with Crippen molar-refractivity contribution < 1.29 is 9.59 Å². The molecule has 0 aliphatic heterocycles. The van der Waals surface area contributed by atoms with Crippen molar-refractivity contribution in [3.63, 3.8) is 0 Å². The first-order valence-corrected chi connectivity index (χ1v) is 11.7. The van der Waals surface area contributed by atoms with Crippen molar-refractivity contribution in [2.75, 3.05) is 11.9 Å². The Morgan fingerprint density at radius 2 is 1.48 bits per heavy atom. The zero-order chi connectivity index (χ0) is 20.7. The minimum atomic E-state index is -0.661. The highest BCUT2D eigenvalue weighted by molar-refractivity contribution is 7.14. The molecule has 0 aliphatic carbocycles. The van der Waals surface area contributed by atoms with Crippen molar-refractivity contribution in [3.8, 4) is 11.3 Å². The number of thiazole rings is 1. The van der Waals surface area contributed by atoms with Gasteiger partial charge in [-0.05, 0) is 6.42 Å². The quantitative estimate of drug-likeness (QED) is 0.321. The van der Waals surface area contributed by atoms with Crippen molar-refractivity contribution >= 4 is 28.3 Å². The normalized spacial score (nSPS) is 10.7. The van der Waals surface area contributed by atoms with Gasteiger partial charge in [-0.25, -0.2) is 4.98 Å². The lowest BCUT2D eigenvalue weighted by molar-refractivity contribution is -0.136. The van der Waals surface area contributed by atoms with E-state index in [0.717, 1.165) is 24.1 Å². The van der Waals surface area contributed by atoms with Crippen LogP contribution in [0.3, 0.4) is 0 Å². The summed E-state index contributed by atoms with van der Waals surface area (Å²) in [6.07, 6.45) is 12.4. The Hall–Kier alpha value is -2.21. The van der Waals surface area contributed by atoms with Crippen LogP contribution in [0.5, 0.6) is 0 Å². The lowest BCUT2D eigenvalue weighted by Gasteiger charge is -2.05. The second kappa shape index (κ2) is 13.9. The van der Waals surface area contributed by atoms with E-state index >= 15 is 0 Å². The van der Waals surface area contributed by atoms with Crippen LogP contribution in [-0.2, 0) is 9.59 Å². The molecule has 29 heavy (non-hydrogen) atoms. The van der Waals surface area contributed by atoms with Crippen LogP contribution < -0.4 is 10.6 Å². The largest absolute Gasteiger partial charge is 0.348 e. The molecular weight excluding hydrogens is 382 g/mol. The molecule has 158 valence electrons. The van der Waals surface area contributed by atoms with Gasteiger partial charge in [0, 0.05) is 17.5 Å². The number of carbonyl (C=O) groups is 2. The van der Waals surface area contributed by atoms with Crippen LogP contribution in [0.4, 0.5) is 5.13 Å². The summed E-state index contributed by atoms with van der Waals surface area (Å²) in [6.45, 7) is 2.78. The van der Waals surface area contributed by atoms with Crippen molar-refractivity contribution in [2.45, 2.75) is 71.1 Å². The van der Waals surface area contributed by atoms with Crippen LogP contribution in [0.1, 0.15) is 71.1 Å². The number of benzene rings is 1. The van der Waals surface area contributed by atoms with E-state index in [0.29, 0.717) is 11.7 Å². The minimum absolute atomic E-state index is 0.433. The Labute approximate surface area is 178 Å². The number of rotatable bonds is 13. The average molecular weight is 416 g/mol. The molecule has 5 nitrogen and oxygen atoms in total. The number of nitrogens with one attached hydrogen (secondary N) is 2. The molecular formula is C23H33N3O2S. The highest BCUT2D eigenvalue weighted by Gasteiger charge is 2.15. The standard InChI is InChI=1S/C23H33N3O2S/c1-2-3-4-5-6-7-8-9-10-14-17-24-21(27)22(28)26-23-25-20(18-29-23)19-15-12-11-13-16-19/h11-13,15-16,18H,2-10,14,17H2,1H3,(H,24,27)(H,25,26,28). The molecule has 6 heteroatoms. The van der Waals surface area contributed by atoms with E-state index in [1.165, 1.54) is 62.7 Å². The molecule has 0 atom stereocenters. The number of nitrogens with zero attached hydrogens (tertiary/aromatic N) is 1. The molecule has 2 aromatic rings. The summed E-state index contributed by atoms with van der Waals surface area (Å²) >= 11 is 1.31. The fourth-order valence-corrected chi connectivity index (χ4v) is 3.84. The molecule has 0 bridgehead atoms. The molecule has 2 N–H and O–H groups in total. The second-order valence-electron chi connectivity index (χ2n) is 7.30. The first kappa shape index (κ1) is 23.1. The predicted octanol–water partition coefficient (Wildman–Crippen LogP) is 5.79. The topological polar surface area (TPSA) is 71.1 Å². The van der Waals surface area contributed by atoms with Crippen LogP contribution in [0.15, 0.2) is 35.7 Å². The van der Waals surface area contributed by atoms with E-state index in [9.17, 15) is 9.59 Å². The molecule has 0 unspecified atom stereocenters. The number of hydrogen-bond acceptors (Lipinski definition) is 4. The Bertz CT molecular complexity index is 731. The van der Waals surface area contributed by atoms with E-state index in [4.69, 9.17) is 0 Å². The molecule has 2 amide bonds. The van der Waals surface area contributed by atoms with E-state index in [2.05, 4.69) is 22.5 Å². The Morgan fingerprint density at radius 1 is 0.862 bits per heavy atom. The Balaban J connectivity index is 1.54. The number of anilines is 1. The number of hydrogen-bond donors (Lipinski definition) is 2. The van der Waals surface area contributed by atoms with E-state index in [1.807, 2.05) is 35.7 Å². The van der Waals surface area contributed by atoms with Crippen LogP contribution in [0.25, 0.3) is 11.3 Å². The van der Waals surface area contributed by atoms with Crippen molar-refractivity contribution in [1.82, 2.24) is 10.3 Å². The van der Waals surface area contributed by atoms with Crippen molar-refractivity contribution in [1.29, 1.82) is 0 Å². The van der Waals surface area contributed by atoms with Crippen LogP contribution in [-0.4, -0.2) is 23.3 Å². The molecule has 0 fully saturated rings. The van der Waals surface area contributed by atoms with Gasteiger partial charge in [0.15, 0.2) is 5.13 Å². The third-order valence-corrected chi connectivity index (χ3v) is 5.57. The molecule has 0 saturated heterocycles. The first-order chi connectivity index (χ1) is 14.2. The molecule has 0 spiro atoms. The molecule has 1 aromatic heterocycles. The first-order valence-electron chi connectivity index (χ1n) is 10.8. The van der Waals surface area contributed by atoms with E-state index in [-0.39, 0.29) is 0 Å². The number of aromatic nitrogens is 1. The van der Waals surface area contributed by atoms with Crippen LogP contribution in [0, 0.1) is 0 Å². The highest BCUT2D eigenvalue weighted by atomic mass is 32.1. The van der Waals surface area contributed by atoms with Gasteiger partial charge < -0.3 is 5.32 Å². The molecule has 1 aromatic carbocycles. The smallest absolute Gasteiger partial charge is 0.315 e. The van der Waals surface area contributed by atoms with Gasteiger partial charge in [-0.3, -0.25) is 14.9 Å². The SMILES string of the molecule is CCCCCCCCCCCCNC(=O)C(=O)Nc1nc(-c2ccccc2)cs1. The summed E-state index contributed by atoms with van der Waals surface area (Å²) in [5.41, 5.74) is 1.77. The minimum Gasteiger partial charge on any atom is -0.348 e. The zero-order valence-electron chi connectivity index (χ0n) is 17.4. The van der Waals surface area contributed by atoms with Gasteiger partial charge in [-0.15, -0.1) is 11.3 Å². The maximum Gasteiger partial charge on any atom is 0.315 e. The van der Waals surface area contributed by atoms with Gasteiger partial charge in [-0.2, -0.15) is 0 Å². The molecule has 1 heterocycles. The third kappa shape index (κ3) is 9.22. The van der Waals surface area contributed by atoms with Gasteiger partial charge in [0.05, 0.1) is 5.69 Å². The fourth-order valence-electron chi connectivity index (χ4n) is 3.12. The van der Waals surface area contributed by atoms with Crippen molar-refractivity contribution in [2.24, 2.45) is 0 Å². The summed E-state index contributed by atoms with van der Waals surface area (Å²) in [5.74, 6) is -1.26. The summed E-state index contributed by atoms with van der Waals surface area (Å²) < 4.78 is 0. The lowest BCUT2D eigenvalue weighted by Crippen LogP contribution is -2.35. The molecule has 0 aliphatic rings. The van der Waals surface area contributed by atoms with E-state index in [1.54, 1.807) is 0 Å². The number of carbonyl (C=O) groups excluding carboxylic acids is 2. The lowest BCUT2D eigenvalue weighted by atomic mass is 10.1. The fraction of sp³-hybridized carbons (Fsp3) is 0.522. The molecule has 0 radical (unpaired) electrons. The zero-order valence-corrected chi connectivity index (χ0v) is 18.2. The van der Waals surface area contributed by atoms with Gasteiger partial charge in [0.25, 0.3) is 0 Å². The van der Waals surface area contributed by atoms with Crippen molar-refractivity contribution in [3.05, 3.63) is 35.7 Å². The van der Waals surface area contributed by atoms with Gasteiger partial charge in [0.1, 0.15) is 0 Å². The van der Waals surface area contributed by atoms with Gasteiger partial charge in [-0.1, -0.05) is 95.0 Å². The summed E-state index contributed by atoms with van der Waals surface area (Å²) in [7, 11) is 0. The average Bonchev–Trinajstić information content (AvgIpc) is 3.21. The number of amides is 2. The summed E-state index contributed by atoms with van der Waals surface area (Å²) in [5, 5.41) is 7.57. The number of unbranched alkanes of at least 4 members (excludes halogenated alkanes) is 9. The Kier molecular flexibility index (Phi) is 11.0. The van der Waals surface area contributed by atoms with E-state index < -0.39 is 11.8 Å². The van der Waals surface area contributed by atoms with Crippen LogP contribution >= 0.6 is 11.3 Å². The molecule has 0 saturated carbocycles. The second-order valence-corrected chi connectivity index (χ2v) is 8.15.